The third-order valence-corrected chi connectivity index (χ3v) is 4.93. The summed E-state index contributed by atoms with van der Waals surface area (Å²) in [4.78, 5) is 14.2. The molecule has 128 valence electrons. The number of carbonyl (C=O) groups excluding carboxylic acids is 1. The van der Waals surface area contributed by atoms with E-state index in [0.29, 0.717) is 12.5 Å². The molecule has 0 bridgehead atoms. The fourth-order valence-corrected chi connectivity index (χ4v) is 3.54. The lowest BCUT2D eigenvalue weighted by atomic mass is 9.96. The lowest BCUT2D eigenvalue weighted by molar-refractivity contribution is -0.0136. The van der Waals surface area contributed by atoms with Crippen LogP contribution in [0.3, 0.4) is 0 Å². The Labute approximate surface area is 137 Å². The van der Waals surface area contributed by atoms with Crippen molar-refractivity contribution >= 4 is 6.03 Å². The van der Waals surface area contributed by atoms with Gasteiger partial charge in [-0.25, -0.2) is 4.79 Å². The number of nitrogens with zero attached hydrogens (tertiary/aromatic N) is 4. The first-order valence-electron chi connectivity index (χ1n) is 8.49. The van der Waals surface area contributed by atoms with Crippen LogP contribution >= 0.6 is 0 Å². The van der Waals surface area contributed by atoms with E-state index in [1.54, 1.807) is 6.33 Å². The molecule has 7 heteroatoms. The molecule has 1 unspecified atom stereocenters. The van der Waals surface area contributed by atoms with Crippen LogP contribution in [-0.2, 0) is 11.8 Å². The van der Waals surface area contributed by atoms with E-state index in [1.807, 2.05) is 16.5 Å². The van der Waals surface area contributed by atoms with Gasteiger partial charge in [0.25, 0.3) is 0 Å². The van der Waals surface area contributed by atoms with Crippen LogP contribution in [-0.4, -0.2) is 57.0 Å². The van der Waals surface area contributed by atoms with Gasteiger partial charge in [-0.1, -0.05) is 0 Å². The molecule has 2 amide bonds. The number of likely N-dealkylation sites (tertiary alicyclic amines) is 1. The molecular formula is C16H27N5O2. The number of amides is 2. The Hall–Kier alpha value is -1.63. The van der Waals surface area contributed by atoms with E-state index < -0.39 is 0 Å². The van der Waals surface area contributed by atoms with E-state index in [1.165, 1.54) is 0 Å². The molecule has 7 nitrogen and oxygen atoms in total. The maximum Gasteiger partial charge on any atom is 0.317 e. The molecule has 2 aliphatic rings. The maximum atomic E-state index is 12.3. The summed E-state index contributed by atoms with van der Waals surface area (Å²) in [5, 5.41) is 11.2. The zero-order chi connectivity index (χ0) is 16.4. The zero-order valence-electron chi connectivity index (χ0n) is 14.3. The number of ether oxygens (including phenoxy) is 1. The fourth-order valence-electron chi connectivity index (χ4n) is 3.54. The van der Waals surface area contributed by atoms with E-state index in [-0.39, 0.29) is 17.7 Å². The number of hydrogen-bond donors (Lipinski definition) is 1. The van der Waals surface area contributed by atoms with Crippen LogP contribution in [0.4, 0.5) is 4.79 Å². The Balaban J connectivity index is 1.43. The molecule has 0 aromatic carbocycles. The topological polar surface area (TPSA) is 72.3 Å². The van der Waals surface area contributed by atoms with Crippen LogP contribution in [0.2, 0.25) is 0 Å². The molecule has 0 radical (unpaired) electrons. The third kappa shape index (κ3) is 3.83. The summed E-state index contributed by atoms with van der Waals surface area (Å²) in [7, 11) is 1.97. The number of carbonyl (C=O) groups is 1. The van der Waals surface area contributed by atoms with E-state index >= 15 is 0 Å². The van der Waals surface area contributed by atoms with Crippen molar-refractivity contribution in [2.45, 2.75) is 57.2 Å². The van der Waals surface area contributed by atoms with Crippen molar-refractivity contribution in [3.05, 3.63) is 12.2 Å². The Morgan fingerprint density at radius 1 is 1.39 bits per heavy atom. The largest absolute Gasteiger partial charge is 0.371 e. The molecule has 0 saturated carbocycles. The highest BCUT2D eigenvalue weighted by molar-refractivity contribution is 5.74. The van der Waals surface area contributed by atoms with Crippen LogP contribution in [0.15, 0.2) is 6.33 Å². The highest BCUT2D eigenvalue weighted by Crippen LogP contribution is 2.29. The number of nitrogens with one attached hydrogen (secondary N) is 1. The molecule has 3 heterocycles. The lowest BCUT2D eigenvalue weighted by Gasteiger charge is -2.31. The molecule has 1 aromatic rings. The quantitative estimate of drug-likeness (QED) is 0.919. The summed E-state index contributed by atoms with van der Waals surface area (Å²) in [5.41, 5.74) is -0.0517. The minimum absolute atomic E-state index is 0.0229. The first kappa shape index (κ1) is 16.2. The van der Waals surface area contributed by atoms with Gasteiger partial charge in [-0.05, 0) is 39.5 Å². The van der Waals surface area contributed by atoms with Crippen molar-refractivity contribution in [2.24, 2.45) is 7.05 Å². The van der Waals surface area contributed by atoms with Crippen LogP contribution in [0.5, 0.6) is 0 Å². The molecule has 3 rings (SSSR count). The number of aryl methyl sites for hydroxylation is 1. The number of piperidine rings is 1. The Bertz CT molecular complexity index is 548. The van der Waals surface area contributed by atoms with Gasteiger partial charge in [0.05, 0.1) is 11.7 Å². The van der Waals surface area contributed by atoms with E-state index in [9.17, 15) is 4.79 Å². The summed E-state index contributed by atoms with van der Waals surface area (Å²) in [6.45, 7) is 6.34. The minimum atomic E-state index is -0.0517. The predicted molar refractivity (Wildman–Crippen MR) is 86.1 cm³/mol. The Morgan fingerprint density at radius 3 is 2.70 bits per heavy atom. The average Bonchev–Trinajstić information content (AvgIpc) is 3.10. The van der Waals surface area contributed by atoms with Crippen LogP contribution in [0.1, 0.15) is 51.3 Å². The van der Waals surface area contributed by atoms with E-state index in [4.69, 9.17) is 4.74 Å². The van der Waals surface area contributed by atoms with Crippen molar-refractivity contribution in [2.75, 3.05) is 19.6 Å². The molecule has 2 aliphatic heterocycles. The fraction of sp³-hybridized carbons (Fsp3) is 0.812. The van der Waals surface area contributed by atoms with Gasteiger partial charge in [0.15, 0.2) is 0 Å². The zero-order valence-corrected chi connectivity index (χ0v) is 14.3. The van der Waals surface area contributed by atoms with Crippen LogP contribution in [0, 0.1) is 0 Å². The highest BCUT2D eigenvalue weighted by atomic mass is 16.5. The predicted octanol–water partition coefficient (Wildman–Crippen LogP) is 1.66. The number of urea groups is 1. The van der Waals surface area contributed by atoms with E-state index in [0.717, 1.165) is 44.6 Å². The molecular weight excluding hydrogens is 294 g/mol. The summed E-state index contributed by atoms with van der Waals surface area (Å²) < 4.78 is 7.89. The molecule has 1 atom stereocenters. The van der Waals surface area contributed by atoms with Crippen molar-refractivity contribution in [1.29, 1.82) is 0 Å². The van der Waals surface area contributed by atoms with Gasteiger partial charge in [-0.15, -0.1) is 10.2 Å². The molecule has 23 heavy (non-hydrogen) atoms. The van der Waals surface area contributed by atoms with Crippen LogP contribution in [0.25, 0.3) is 0 Å². The van der Waals surface area contributed by atoms with Gasteiger partial charge in [-0.3, -0.25) is 0 Å². The Morgan fingerprint density at radius 2 is 2.13 bits per heavy atom. The standard InChI is InChI=1S/C16H27N5O2/c1-16(2)7-4-13(23-16)10-17-15(22)21-8-5-12(6-9-21)14-19-18-11-20(14)3/h11-13H,4-10H2,1-3H3,(H,17,22). The van der Waals surface area contributed by atoms with Crippen molar-refractivity contribution in [3.8, 4) is 0 Å². The number of rotatable bonds is 3. The second-order valence-electron chi connectivity index (χ2n) is 7.29. The molecule has 2 fully saturated rings. The summed E-state index contributed by atoms with van der Waals surface area (Å²) in [6, 6.07) is 0.0229. The monoisotopic (exact) mass is 321 g/mol. The number of aromatic nitrogens is 3. The maximum absolute atomic E-state index is 12.3. The smallest absolute Gasteiger partial charge is 0.317 e. The van der Waals surface area contributed by atoms with Crippen molar-refractivity contribution in [3.63, 3.8) is 0 Å². The van der Waals surface area contributed by atoms with Gasteiger partial charge in [-0.2, -0.15) is 0 Å². The first-order valence-corrected chi connectivity index (χ1v) is 8.49. The second kappa shape index (κ2) is 6.47. The molecule has 2 saturated heterocycles. The normalized spacial score (nSPS) is 24.8. The van der Waals surface area contributed by atoms with Gasteiger partial charge in [0.1, 0.15) is 12.2 Å². The van der Waals surface area contributed by atoms with Gasteiger partial charge in [0, 0.05) is 32.6 Å². The average molecular weight is 321 g/mol. The van der Waals surface area contributed by atoms with Crippen molar-refractivity contribution in [1.82, 2.24) is 25.0 Å². The highest BCUT2D eigenvalue weighted by Gasteiger charge is 2.32. The summed E-state index contributed by atoms with van der Waals surface area (Å²) >= 11 is 0. The summed E-state index contributed by atoms with van der Waals surface area (Å²) in [6.07, 6.45) is 5.82. The van der Waals surface area contributed by atoms with Gasteiger partial charge in [0.2, 0.25) is 0 Å². The summed E-state index contributed by atoms with van der Waals surface area (Å²) in [5.74, 6) is 1.41. The molecule has 0 spiro atoms. The van der Waals surface area contributed by atoms with E-state index in [2.05, 4.69) is 29.4 Å². The molecule has 1 N–H and O–H groups in total. The minimum Gasteiger partial charge on any atom is -0.371 e. The van der Waals surface area contributed by atoms with Gasteiger partial charge >= 0.3 is 6.03 Å². The third-order valence-electron chi connectivity index (χ3n) is 4.93. The second-order valence-corrected chi connectivity index (χ2v) is 7.29. The lowest BCUT2D eigenvalue weighted by Crippen LogP contribution is -2.46. The molecule has 0 aliphatic carbocycles. The van der Waals surface area contributed by atoms with Crippen LogP contribution < -0.4 is 5.32 Å². The SMILES string of the molecule is Cn1cnnc1C1CCN(C(=O)NCC2CCC(C)(C)O2)CC1. The number of hydrogen-bond acceptors (Lipinski definition) is 4. The Kier molecular flexibility index (Phi) is 4.57. The van der Waals surface area contributed by atoms with Crippen molar-refractivity contribution < 1.29 is 9.53 Å². The van der Waals surface area contributed by atoms with Gasteiger partial charge < -0.3 is 19.5 Å². The molecule has 1 aromatic heterocycles. The first-order chi connectivity index (χ1) is 10.9.